The molecule has 0 saturated carbocycles. The average Bonchev–Trinajstić information content (AvgIpc) is 3.84. The second-order valence-corrected chi connectivity index (χ2v) is 16.8. The maximum absolute atomic E-state index is 6.59. The highest BCUT2D eigenvalue weighted by atomic mass is 32.1. The third-order valence-corrected chi connectivity index (χ3v) is 13.3. The number of amidine groups is 1. The smallest absolute Gasteiger partial charge is 0.135 e. The lowest BCUT2D eigenvalue weighted by Crippen LogP contribution is -2.35. The van der Waals surface area contributed by atoms with Gasteiger partial charge in [-0.2, -0.15) is 0 Å². The lowest BCUT2D eigenvalue weighted by molar-refractivity contribution is 0.483. The first-order valence-corrected chi connectivity index (χ1v) is 21.3. The van der Waals surface area contributed by atoms with Crippen molar-refractivity contribution in [1.29, 1.82) is 0 Å². The summed E-state index contributed by atoms with van der Waals surface area (Å²) in [7, 11) is 0. The number of allylic oxidation sites excluding steroid dienone is 3. The Kier molecular flexibility index (Phi) is 8.85. The van der Waals surface area contributed by atoms with Crippen LogP contribution in [0.3, 0.4) is 0 Å². The minimum absolute atomic E-state index is 0.0369. The Morgan fingerprint density at radius 3 is 1.90 bits per heavy atom. The molecule has 2 aliphatic rings. The van der Waals surface area contributed by atoms with Crippen molar-refractivity contribution in [1.82, 2.24) is 5.32 Å². The average molecular weight is 767 g/mol. The molecule has 3 unspecified atom stereocenters. The van der Waals surface area contributed by atoms with Gasteiger partial charge in [0.2, 0.25) is 0 Å². The number of thiophene rings is 1. The Morgan fingerprint density at radius 1 is 0.534 bits per heavy atom. The van der Waals surface area contributed by atoms with E-state index in [0.717, 1.165) is 53.5 Å². The maximum atomic E-state index is 6.59. The molecule has 0 amide bonds. The number of nitrogens with zero attached hydrogens (tertiary/aromatic N) is 1. The number of furan rings is 1. The van der Waals surface area contributed by atoms with Crippen LogP contribution in [0.25, 0.3) is 69.9 Å². The van der Waals surface area contributed by atoms with Gasteiger partial charge in [-0.1, -0.05) is 140 Å². The second-order valence-electron chi connectivity index (χ2n) is 15.8. The van der Waals surface area contributed by atoms with Gasteiger partial charge in [-0.05, 0) is 113 Å². The Hall–Kier alpha value is -6.49. The zero-order valence-corrected chi connectivity index (χ0v) is 33.0. The molecule has 1 aliphatic carbocycles. The van der Waals surface area contributed by atoms with E-state index in [4.69, 9.17) is 9.41 Å². The van der Waals surface area contributed by atoms with Crippen LogP contribution in [0.1, 0.15) is 54.5 Å². The molecule has 7 aromatic carbocycles. The minimum Gasteiger partial charge on any atom is -0.456 e. The van der Waals surface area contributed by atoms with Gasteiger partial charge < -0.3 is 9.73 Å². The molecule has 0 fully saturated rings. The fourth-order valence-corrected chi connectivity index (χ4v) is 10.1. The lowest BCUT2D eigenvalue weighted by atomic mass is 9.89. The molecule has 3 heterocycles. The van der Waals surface area contributed by atoms with Crippen molar-refractivity contribution in [2.24, 2.45) is 10.9 Å². The van der Waals surface area contributed by atoms with Crippen LogP contribution in [-0.2, 0) is 0 Å². The van der Waals surface area contributed by atoms with Gasteiger partial charge in [0, 0.05) is 36.9 Å². The first-order chi connectivity index (χ1) is 28.7. The molecular formula is C54H42N2OS. The van der Waals surface area contributed by atoms with Crippen molar-refractivity contribution < 1.29 is 4.42 Å². The molecule has 3 atom stereocenters. The quantitative estimate of drug-likeness (QED) is 0.183. The van der Waals surface area contributed by atoms with E-state index >= 15 is 0 Å². The van der Waals surface area contributed by atoms with E-state index in [0.29, 0.717) is 0 Å². The lowest BCUT2D eigenvalue weighted by Gasteiger charge is -2.30. The van der Waals surface area contributed by atoms with Gasteiger partial charge in [-0.25, -0.2) is 0 Å². The first-order valence-electron chi connectivity index (χ1n) is 20.5. The predicted molar refractivity (Wildman–Crippen MR) is 245 cm³/mol. The molecule has 3 nitrogen and oxygen atoms in total. The number of hydrogen-bond acceptors (Lipinski definition) is 4. The van der Waals surface area contributed by atoms with Gasteiger partial charge in [0.15, 0.2) is 0 Å². The van der Waals surface area contributed by atoms with Gasteiger partial charge in [0.05, 0.1) is 12.1 Å². The summed E-state index contributed by atoms with van der Waals surface area (Å²) in [5.41, 5.74) is 11.8. The summed E-state index contributed by atoms with van der Waals surface area (Å²) in [6, 6.07) is 59.6. The zero-order valence-electron chi connectivity index (χ0n) is 32.1. The fraction of sp³-hybridized carbons (Fsp3) is 0.130. The van der Waals surface area contributed by atoms with Crippen molar-refractivity contribution >= 4 is 64.9 Å². The minimum atomic E-state index is 0.0369. The highest BCUT2D eigenvalue weighted by Gasteiger charge is 2.26. The standard InChI is InChI=1S/C54H42N2OS/c1-4-11-35(12-5-1)37-19-21-39(22-20-37)54-55-48(38-15-8-3-9-16-38)17-10-18-49(56-54)43-23-27-44-45-31-41(24-28-50(45)57-51(44)34-43)42-26-30-53-47(33-42)46-32-40(25-29-52(46)58-53)36-13-6-2-7-14-36/h1-9,11-16,19-21,23-34,39,48-49H,10,17-18,22H2,(H,55,56). The molecule has 0 bridgehead atoms. The molecule has 58 heavy (non-hydrogen) atoms. The monoisotopic (exact) mass is 766 g/mol. The van der Waals surface area contributed by atoms with Crippen molar-refractivity contribution in [2.45, 2.75) is 37.8 Å². The Balaban J connectivity index is 0.921. The van der Waals surface area contributed by atoms with E-state index in [2.05, 4.69) is 187 Å². The number of fused-ring (bicyclic) bond motifs is 6. The Bertz CT molecular complexity index is 3050. The molecule has 4 heteroatoms. The van der Waals surface area contributed by atoms with Crippen LogP contribution in [-0.4, -0.2) is 5.84 Å². The van der Waals surface area contributed by atoms with Gasteiger partial charge in [-0.3, -0.25) is 4.99 Å². The Labute approximate surface area is 342 Å². The molecular weight excluding hydrogens is 725 g/mol. The van der Waals surface area contributed by atoms with Crippen molar-refractivity contribution in [3.8, 4) is 22.3 Å². The number of nitrogens with one attached hydrogen (secondary N) is 1. The maximum Gasteiger partial charge on any atom is 0.135 e. The Morgan fingerprint density at radius 2 is 1.19 bits per heavy atom. The van der Waals surface area contributed by atoms with Crippen LogP contribution < -0.4 is 5.32 Å². The van der Waals surface area contributed by atoms with E-state index in [-0.39, 0.29) is 18.0 Å². The summed E-state index contributed by atoms with van der Waals surface area (Å²) < 4.78 is 9.22. The molecule has 0 spiro atoms. The summed E-state index contributed by atoms with van der Waals surface area (Å²) in [5, 5.41) is 8.85. The highest BCUT2D eigenvalue weighted by Crippen LogP contribution is 2.41. The van der Waals surface area contributed by atoms with Crippen LogP contribution in [0.5, 0.6) is 0 Å². The highest BCUT2D eigenvalue weighted by molar-refractivity contribution is 7.25. The molecule has 1 aliphatic heterocycles. The molecule has 0 saturated heterocycles. The zero-order chi connectivity index (χ0) is 38.4. The summed E-state index contributed by atoms with van der Waals surface area (Å²) >= 11 is 1.86. The van der Waals surface area contributed by atoms with E-state index in [1.807, 2.05) is 11.3 Å². The van der Waals surface area contributed by atoms with Gasteiger partial charge in [-0.15, -0.1) is 11.3 Å². The van der Waals surface area contributed by atoms with Gasteiger partial charge >= 0.3 is 0 Å². The van der Waals surface area contributed by atoms with Crippen molar-refractivity contribution in [3.63, 3.8) is 0 Å². The number of aliphatic imine (C=N–C) groups is 1. The second kappa shape index (κ2) is 14.8. The third kappa shape index (κ3) is 6.54. The van der Waals surface area contributed by atoms with Gasteiger partial charge in [0.1, 0.15) is 17.0 Å². The summed E-state index contributed by atoms with van der Waals surface area (Å²) in [6.45, 7) is 0. The molecule has 11 rings (SSSR count). The van der Waals surface area contributed by atoms with Crippen LogP contribution in [0.4, 0.5) is 0 Å². The normalized spacial score (nSPS) is 18.5. The van der Waals surface area contributed by atoms with E-state index in [1.165, 1.54) is 64.7 Å². The molecule has 9 aromatic rings. The van der Waals surface area contributed by atoms with Crippen molar-refractivity contribution in [2.75, 3.05) is 0 Å². The summed E-state index contributed by atoms with van der Waals surface area (Å²) in [6.07, 6.45) is 11.0. The van der Waals surface area contributed by atoms with E-state index < -0.39 is 0 Å². The largest absolute Gasteiger partial charge is 0.456 e. The summed E-state index contributed by atoms with van der Waals surface area (Å²) in [5.74, 6) is 1.25. The molecule has 280 valence electrons. The van der Waals surface area contributed by atoms with Crippen LogP contribution in [0, 0.1) is 5.92 Å². The van der Waals surface area contributed by atoms with Gasteiger partial charge in [0.25, 0.3) is 0 Å². The topological polar surface area (TPSA) is 37.5 Å². The van der Waals surface area contributed by atoms with E-state index in [1.54, 1.807) is 0 Å². The molecule has 1 N–H and O–H groups in total. The molecule has 2 aromatic heterocycles. The first kappa shape index (κ1) is 34.7. The summed E-state index contributed by atoms with van der Waals surface area (Å²) in [4.78, 5) is 5.57. The fourth-order valence-electron chi connectivity index (χ4n) is 9.03. The predicted octanol–water partition coefficient (Wildman–Crippen LogP) is 14.9. The van der Waals surface area contributed by atoms with Crippen LogP contribution >= 0.6 is 11.3 Å². The number of hydrogen-bond donors (Lipinski definition) is 1. The van der Waals surface area contributed by atoms with Crippen LogP contribution in [0.15, 0.2) is 191 Å². The SMILES string of the molecule is C1=CC(C2=NC(c3ccc4c(c3)oc3ccc(-c5ccc6sc7ccc(-c8ccccc8)cc7c6c5)cc34)CCCC(c3ccccc3)N2)CC=C1c1ccccc1. The molecule has 0 radical (unpaired) electrons. The van der Waals surface area contributed by atoms with Crippen LogP contribution in [0.2, 0.25) is 0 Å². The third-order valence-electron chi connectivity index (χ3n) is 12.1. The van der Waals surface area contributed by atoms with E-state index in [9.17, 15) is 0 Å². The number of benzene rings is 7. The number of rotatable bonds is 6. The van der Waals surface area contributed by atoms with Crippen molar-refractivity contribution in [3.05, 3.63) is 199 Å².